The Morgan fingerprint density at radius 2 is 2.06 bits per heavy atom. The topological polar surface area (TPSA) is 56.2 Å². The number of benzene rings is 1. The highest BCUT2D eigenvalue weighted by molar-refractivity contribution is 5.80. The molecule has 3 rings (SSSR count). The molecular weight excluding hydrogens is 224 g/mol. The molecule has 0 amide bonds. The van der Waals surface area contributed by atoms with Crippen LogP contribution in [0.4, 0.5) is 5.82 Å². The minimum Gasteiger partial charge on any atom is -0.384 e. The normalized spacial score (nSPS) is 13.2. The van der Waals surface area contributed by atoms with Crippen LogP contribution in [0.25, 0.3) is 16.8 Å². The van der Waals surface area contributed by atoms with Crippen molar-refractivity contribution in [1.82, 2.24) is 14.4 Å². The summed E-state index contributed by atoms with van der Waals surface area (Å²) in [6.45, 7) is 4.37. The van der Waals surface area contributed by atoms with E-state index in [2.05, 4.69) is 34.3 Å². The minimum absolute atomic E-state index is 0.426. The van der Waals surface area contributed by atoms with Crippen LogP contribution >= 0.6 is 0 Å². The molecule has 0 bridgehead atoms. The number of para-hydroxylation sites is 2. The van der Waals surface area contributed by atoms with E-state index in [1.807, 2.05) is 24.3 Å². The maximum atomic E-state index is 5.87. The molecule has 0 spiro atoms. The van der Waals surface area contributed by atoms with Gasteiger partial charge in [0.05, 0.1) is 11.0 Å². The fraction of sp³-hybridized carbons (Fsp3) is 0.286. The zero-order chi connectivity index (χ0) is 12.7. The summed E-state index contributed by atoms with van der Waals surface area (Å²) in [4.78, 5) is 8.85. The molecule has 4 nitrogen and oxygen atoms in total. The maximum Gasteiger partial charge on any atom is 0.237 e. The molecule has 0 radical (unpaired) electrons. The van der Waals surface area contributed by atoms with Gasteiger partial charge in [0, 0.05) is 11.8 Å². The SMILES string of the molecule is CCC(C)c1cc(N)nc2nc3ccccc3n12. The van der Waals surface area contributed by atoms with Gasteiger partial charge in [0.15, 0.2) is 0 Å². The Morgan fingerprint density at radius 1 is 1.28 bits per heavy atom. The second-order valence-electron chi connectivity index (χ2n) is 4.65. The van der Waals surface area contributed by atoms with Crippen LogP contribution in [0.2, 0.25) is 0 Å². The van der Waals surface area contributed by atoms with Crippen molar-refractivity contribution in [2.24, 2.45) is 0 Å². The van der Waals surface area contributed by atoms with Crippen molar-refractivity contribution in [1.29, 1.82) is 0 Å². The van der Waals surface area contributed by atoms with Gasteiger partial charge < -0.3 is 5.73 Å². The van der Waals surface area contributed by atoms with Crippen molar-refractivity contribution in [3.8, 4) is 0 Å². The first-order valence-corrected chi connectivity index (χ1v) is 6.24. The lowest BCUT2D eigenvalue weighted by atomic mass is 10.0. The molecule has 0 aliphatic rings. The van der Waals surface area contributed by atoms with Crippen LogP contribution in [-0.4, -0.2) is 14.4 Å². The standard InChI is InChI=1S/C14H16N4/c1-3-9(2)12-8-13(15)17-14-16-10-6-4-5-7-11(10)18(12)14/h4-9H,3H2,1-2H3,(H2,15,16,17). The van der Waals surface area contributed by atoms with Gasteiger partial charge in [0.1, 0.15) is 5.82 Å². The number of anilines is 1. The van der Waals surface area contributed by atoms with Crippen molar-refractivity contribution < 1.29 is 0 Å². The smallest absolute Gasteiger partial charge is 0.237 e. The van der Waals surface area contributed by atoms with E-state index in [4.69, 9.17) is 5.73 Å². The Morgan fingerprint density at radius 3 is 2.83 bits per heavy atom. The van der Waals surface area contributed by atoms with Crippen LogP contribution in [0, 0.1) is 0 Å². The van der Waals surface area contributed by atoms with Crippen molar-refractivity contribution >= 4 is 22.6 Å². The van der Waals surface area contributed by atoms with E-state index in [0.29, 0.717) is 17.5 Å². The lowest BCUT2D eigenvalue weighted by Crippen LogP contribution is -2.05. The molecular formula is C14H16N4. The van der Waals surface area contributed by atoms with E-state index in [0.717, 1.165) is 17.5 Å². The van der Waals surface area contributed by atoms with Crippen molar-refractivity contribution in [2.45, 2.75) is 26.2 Å². The molecule has 92 valence electrons. The van der Waals surface area contributed by atoms with Gasteiger partial charge in [-0.2, -0.15) is 4.98 Å². The summed E-state index contributed by atoms with van der Waals surface area (Å²) in [6, 6.07) is 10.0. The quantitative estimate of drug-likeness (QED) is 0.749. The Labute approximate surface area is 105 Å². The molecule has 2 N–H and O–H groups in total. The molecule has 1 atom stereocenters. The molecule has 3 aromatic rings. The van der Waals surface area contributed by atoms with Gasteiger partial charge in [-0.05, 0) is 24.5 Å². The van der Waals surface area contributed by atoms with Gasteiger partial charge in [0.25, 0.3) is 0 Å². The number of nitrogen functional groups attached to an aromatic ring is 1. The van der Waals surface area contributed by atoms with Crippen LogP contribution < -0.4 is 5.73 Å². The molecule has 1 aromatic carbocycles. The van der Waals surface area contributed by atoms with Crippen LogP contribution in [-0.2, 0) is 0 Å². The van der Waals surface area contributed by atoms with Crippen LogP contribution in [0.5, 0.6) is 0 Å². The molecule has 0 aliphatic carbocycles. The first kappa shape index (κ1) is 11.0. The minimum atomic E-state index is 0.426. The van der Waals surface area contributed by atoms with Gasteiger partial charge in [-0.3, -0.25) is 4.40 Å². The number of imidazole rings is 1. The van der Waals surface area contributed by atoms with Crippen LogP contribution in [0.1, 0.15) is 31.9 Å². The molecule has 18 heavy (non-hydrogen) atoms. The lowest BCUT2D eigenvalue weighted by Gasteiger charge is -2.12. The van der Waals surface area contributed by atoms with Crippen LogP contribution in [0.15, 0.2) is 30.3 Å². The summed E-state index contributed by atoms with van der Waals surface area (Å²) in [5, 5.41) is 0. The highest BCUT2D eigenvalue weighted by atomic mass is 15.1. The Kier molecular flexibility index (Phi) is 2.44. The number of rotatable bonds is 2. The third-order valence-electron chi connectivity index (χ3n) is 3.44. The summed E-state index contributed by atoms with van der Waals surface area (Å²) < 4.78 is 2.11. The predicted octanol–water partition coefficient (Wildman–Crippen LogP) is 2.98. The van der Waals surface area contributed by atoms with Crippen LogP contribution in [0.3, 0.4) is 0 Å². The Bertz CT molecular complexity index is 714. The second-order valence-corrected chi connectivity index (χ2v) is 4.65. The highest BCUT2D eigenvalue weighted by Gasteiger charge is 2.14. The molecule has 0 saturated carbocycles. The lowest BCUT2D eigenvalue weighted by molar-refractivity contribution is 0.698. The highest BCUT2D eigenvalue weighted by Crippen LogP contribution is 2.25. The number of fused-ring (bicyclic) bond motifs is 3. The van der Waals surface area contributed by atoms with Crippen molar-refractivity contribution in [2.75, 3.05) is 5.73 Å². The third kappa shape index (κ3) is 1.53. The van der Waals surface area contributed by atoms with E-state index in [9.17, 15) is 0 Å². The summed E-state index contributed by atoms with van der Waals surface area (Å²) in [6.07, 6.45) is 1.06. The molecule has 0 aliphatic heterocycles. The molecule has 0 saturated heterocycles. The summed E-state index contributed by atoms with van der Waals surface area (Å²) >= 11 is 0. The molecule has 2 aromatic heterocycles. The molecule has 2 heterocycles. The van der Waals surface area contributed by atoms with E-state index in [1.165, 1.54) is 5.69 Å². The monoisotopic (exact) mass is 240 g/mol. The third-order valence-corrected chi connectivity index (χ3v) is 3.44. The van der Waals surface area contributed by atoms with E-state index >= 15 is 0 Å². The molecule has 0 fully saturated rings. The number of nitrogens with two attached hydrogens (primary N) is 1. The van der Waals surface area contributed by atoms with Gasteiger partial charge in [-0.1, -0.05) is 26.0 Å². The first-order chi connectivity index (χ1) is 8.70. The average molecular weight is 240 g/mol. The van der Waals surface area contributed by atoms with E-state index in [1.54, 1.807) is 0 Å². The van der Waals surface area contributed by atoms with Gasteiger partial charge in [-0.15, -0.1) is 0 Å². The number of aromatic nitrogens is 3. The zero-order valence-corrected chi connectivity index (χ0v) is 10.6. The maximum absolute atomic E-state index is 5.87. The zero-order valence-electron chi connectivity index (χ0n) is 10.6. The summed E-state index contributed by atoms with van der Waals surface area (Å²) in [7, 11) is 0. The molecule has 1 unspecified atom stereocenters. The fourth-order valence-electron chi connectivity index (χ4n) is 2.28. The van der Waals surface area contributed by atoms with E-state index < -0.39 is 0 Å². The van der Waals surface area contributed by atoms with Crippen molar-refractivity contribution in [3.05, 3.63) is 36.0 Å². The Hall–Kier alpha value is -2.10. The number of hydrogen-bond donors (Lipinski definition) is 1. The second kappa shape index (κ2) is 3.98. The Balaban J connectivity index is 2.46. The van der Waals surface area contributed by atoms with Crippen molar-refractivity contribution in [3.63, 3.8) is 0 Å². The van der Waals surface area contributed by atoms with Gasteiger partial charge in [0.2, 0.25) is 5.78 Å². The molecule has 4 heteroatoms. The predicted molar refractivity (Wildman–Crippen MR) is 73.6 cm³/mol. The van der Waals surface area contributed by atoms with E-state index in [-0.39, 0.29) is 0 Å². The first-order valence-electron chi connectivity index (χ1n) is 6.24. The largest absolute Gasteiger partial charge is 0.384 e. The fourth-order valence-corrected chi connectivity index (χ4v) is 2.28. The number of nitrogens with zero attached hydrogens (tertiary/aromatic N) is 3. The number of hydrogen-bond acceptors (Lipinski definition) is 3. The average Bonchev–Trinajstić information content (AvgIpc) is 2.74. The van der Waals surface area contributed by atoms with Gasteiger partial charge >= 0.3 is 0 Å². The summed E-state index contributed by atoms with van der Waals surface area (Å²) in [5.41, 5.74) is 9.10. The van der Waals surface area contributed by atoms with Gasteiger partial charge in [-0.25, -0.2) is 4.98 Å². The summed E-state index contributed by atoms with van der Waals surface area (Å²) in [5.74, 6) is 1.65.